The van der Waals surface area contributed by atoms with Gasteiger partial charge in [0.25, 0.3) is 0 Å². The number of halogens is 2. The average molecular weight is 473 g/mol. The third-order valence-electron chi connectivity index (χ3n) is 5.93. The van der Waals surface area contributed by atoms with Crippen molar-refractivity contribution in [3.05, 3.63) is 94.8 Å². The highest BCUT2D eigenvalue weighted by Crippen LogP contribution is 2.36. The minimum atomic E-state index is -0.291. The van der Waals surface area contributed by atoms with Gasteiger partial charge in [0.15, 0.2) is 0 Å². The third-order valence-corrected chi connectivity index (χ3v) is 6.18. The van der Waals surface area contributed by atoms with E-state index in [1.807, 2.05) is 48.5 Å². The van der Waals surface area contributed by atoms with E-state index in [4.69, 9.17) is 21.3 Å². The fourth-order valence-electron chi connectivity index (χ4n) is 4.28. The molecule has 3 aromatic carbocycles. The van der Waals surface area contributed by atoms with Crippen LogP contribution in [0.15, 0.2) is 72.8 Å². The number of hydrogen-bond donors (Lipinski definition) is 1. The van der Waals surface area contributed by atoms with Gasteiger partial charge in [0.2, 0.25) is 0 Å². The van der Waals surface area contributed by atoms with E-state index in [1.165, 1.54) is 12.1 Å². The van der Waals surface area contributed by atoms with Crippen LogP contribution < -0.4 is 15.0 Å². The number of nitriles is 1. The standard InChI is InChI=1S/C27H22ClFN4O/c28-19-7-5-18(6-8-19)16-31-27-24(15-30)26(23-3-1-2-4-25(23)32-27)33-14-13-22(17-33)34-21-11-9-20(29)10-12-21/h1-12,22H,13-14,16-17H2,(H,31,32). The first-order chi connectivity index (χ1) is 16.6. The van der Waals surface area contributed by atoms with E-state index in [9.17, 15) is 9.65 Å². The van der Waals surface area contributed by atoms with Crippen LogP contribution in [-0.2, 0) is 6.54 Å². The molecule has 5 rings (SSSR count). The highest BCUT2D eigenvalue weighted by molar-refractivity contribution is 6.30. The Balaban J connectivity index is 1.44. The molecule has 1 aliphatic rings. The Bertz CT molecular complexity index is 1350. The molecule has 2 heterocycles. The Kier molecular flexibility index (Phi) is 6.20. The summed E-state index contributed by atoms with van der Waals surface area (Å²) < 4.78 is 19.3. The molecule has 5 nitrogen and oxygen atoms in total. The number of nitrogens with zero attached hydrogens (tertiary/aromatic N) is 3. The first-order valence-corrected chi connectivity index (χ1v) is 11.5. The summed E-state index contributed by atoms with van der Waals surface area (Å²) in [6, 6.07) is 23.9. The smallest absolute Gasteiger partial charge is 0.147 e. The molecular weight excluding hydrogens is 451 g/mol. The first kappa shape index (κ1) is 22.0. The van der Waals surface area contributed by atoms with Gasteiger partial charge in [0, 0.05) is 29.9 Å². The molecule has 0 aliphatic carbocycles. The lowest BCUT2D eigenvalue weighted by atomic mass is 10.1. The lowest BCUT2D eigenvalue weighted by Crippen LogP contribution is -2.26. The van der Waals surface area contributed by atoms with E-state index >= 15 is 0 Å². The number of para-hydroxylation sites is 1. The number of benzene rings is 3. The Morgan fingerprint density at radius 3 is 2.62 bits per heavy atom. The molecular formula is C27H22ClFN4O. The number of anilines is 2. The second kappa shape index (κ2) is 9.58. The zero-order valence-corrected chi connectivity index (χ0v) is 19.1. The molecule has 7 heteroatoms. The summed E-state index contributed by atoms with van der Waals surface area (Å²) in [5, 5.41) is 15.1. The van der Waals surface area contributed by atoms with Crippen molar-refractivity contribution in [1.82, 2.24) is 4.98 Å². The van der Waals surface area contributed by atoms with E-state index in [1.54, 1.807) is 12.1 Å². The molecule has 0 saturated carbocycles. The number of ether oxygens (including phenoxy) is 1. The number of rotatable bonds is 6. The first-order valence-electron chi connectivity index (χ1n) is 11.1. The summed E-state index contributed by atoms with van der Waals surface area (Å²) in [6.07, 6.45) is 0.737. The van der Waals surface area contributed by atoms with Gasteiger partial charge in [0.1, 0.15) is 35.1 Å². The van der Waals surface area contributed by atoms with Crippen LogP contribution in [0.3, 0.4) is 0 Å². The van der Waals surface area contributed by atoms with Crippen molar-refractivity contribution in [1.29, 1.82) is 5.26 Å². The summed E-state index contributed by atoms with van der Waals surface area (Å²) >= 11 is 6.00. The predicted octanol–water partition coefficient (Wildman–Crippen LogP) is 6.17. The highest BCUT2D eigenvalue weighted by atomic mass is 35.5. The van der Waals surface area contributed by atoms with Crippen molar-refractivity contribution in [3.8, 4) is 11.8 Å². The van der Waals surface area contributed by atoms with Gasteiger partial charge >= 0.3 is 0 Å². The molecule has 0 radical (unpaired) electrons. The SMILES string of the molecule is N#Cc1c(NCc2ccc(Cl)cc2)nc2ccccc2c1N1CCC(Oc2ccc(F)cc2)C1. The predicted molar refractivity (Wildman–Crippen MR) is 133 cm³/mol. The molecule has 1 atom stereocenters. The van der Waals surface area contributed by atoms with Crippen molar-refractivity contribution in [2.24, 2.45) is 0 Å². The zero-order chi connectivity index (χ0) is 23.5. The molecule has 170 valence electrons. The van der Waals surface area contributed by atoms with Gasteiger partial charge in [-0.05, 0) is 48.0 Å². The van der Waals surface area contributed by atoms with Crippen molar-refractivity contribution in [2.45, 2.75) is 19.1 Å². The van der Waals surface area contributed by atoms with Crippen molar-refractivity contribution >= 4 is 34.0 Å². The van der Waals surface area contributed by atoms with Crippen LogP contribution >= 0.6 is 11.6 Å². The van der Waals surface area contributed by atoms with Crippen LogP contribution in [0.5, 0.6) is 5.75 Å². The van der Waals surface area contributed by atoms with Gasteiger partial charge in [-0.3, -0.25) is 0 Å². The maximum atomic E-state index is 13.2. The summed E-state index contributed by atoms with van der Waals surface area (Å²) in [4.78, 5) is 6.94. The molecule has 0 amide bonds. The maximum absolute atomic E-state index is 13.2. The van der Waals surface area contributed by atoms with E-state index < -0.39 is 0 Å². The monoisotopic (exact) mass is 472 g/mol. The van der Waals surface area contributed by atoms with Crippen molar-refractivity contribution < 1.29 is 9.13 Å². The lowest BCUT2D eigenvalue weighted by Gasteiger charge is -2.23. The molecule has 1 fully saturated rings. The summed E-state index contributed by atoms with van der Waals surface area (Å²) in [6.45, 7) is 1.88. The molecule has 1 unspecified atom stereocenters. The topological polar surface area (TPSA) is 61.2 Å². The number of nitrogens with one attached hydrogen (secondary N) is 1. The highest BCUT2D eigenvalue weighted by Gasteiger charge is 2.29. The van der Waals surface area contributed by atoms with Gasteiger partial charge in [-0.25, -0.2) is 9.37 Å². The largest absolute Gasteiger partial charge is 0.489 e. The Morgan fingerprint density at radius 2 is 1.85 bits per heavy atom. The van der Waals surface area contributed by atoms with Crippen LogP contribution in [0.25, 0.3) is 10.9 Å². The molecule has 0 spiro atoms. The summed E-state index contributed by atoms with van der Waals surface area (Å²) in [7, 11) is 0. The van der Waals surface area contributed by atoms with E-state index in [-0.39, 0.29) is 11.9 Å². The second-order valence-corrected chi connectivity index (χ2v) is 8.66. The quantitative estimate of drug-likeness (QED) is 0.363. The number of pyridine rings is 1. The molecule has 1 saturated heterocycles. The van der Waals surface area contributed by atoms with Gasteiger partial charge in [-0.1, -0.05) is 41.9 Å². The van der Waals surface area contributed by atoms with Gasteiger partial charge < -0.3 is 15.0 Å². The van der Waals surface area contributed by atoms with Crippen LogP contribution in [0.2, 0.25) is 5.02 Å². The van der Waals surface area contributed by atoms with Crippen LogP contribution in [0, 0.1) is 17.1 Å². The number of aromatic nitrogens is 1. The fourth-order valence-corrected chi connectivity index (χ4v) is 4.40. The van der Waals surface area contributed by atoms with E-state index in [0.717, 1.165) is 35.1 Å². The zero-order valence-electron chi connectivity index (χ0n) is 18.3. The lowest BCUT2D eigenvalue weighted by molar-refractivity contribution is 0.224. The van der Waals surface area contributed by atoms with Crippen LogP contribution in [0.4, 0.5) is 15.9 Å². The summed E-state index contributed by atoms with van der Waals surface area (Å²) in [5.41, 5.74) is 3.23. The average Bonchev–Trinajstić information content (AvgIpc) is 3.32. The van der Waals surface area contributed by atoms with Gasteiger partial charge in [0.05, 0.1) is 17.7 Å². The number of hydrogen-bond acceptors (Lipinski definition) is 5. The van der Waals surface area contributed by atoms with Gasteiger partial charge in [-0.2, -0.15) is 5.26 Å². The third kappa shape index (κ3) is 4.61. The molecule has 0 bridgehead atoms. The van der Waals surface area contributed by atoms with Crippen LogP contribution in [-0.4, -0.2) is 24.2 Å². The Morgan fingerprint density at radius 1 is 1.09 bits per heavy atom. The normalized spacial score (nSPS) is 15.3. The molecule has 34 heavy (non-hydrogen) atoms. The molecule has 1 N–H and O–H groups in total. The van der Waals surface area contributed by atoms with Crippen molar-refractivity contribution in [2.75, 3.05) is 23.3 Å². The molecule has 1 aromatic heterocycles. The maximum Gasteiger partial charge on any atom is 0.147 e. The van der Waals surface area contributed by atoms with Crippen molar-refractivity contribution in [3.63, 3.8) is 0 Å². The van der Waals surface area contributed by atoms with E-state index in [0.29, 0.717) is 35.2 Å². The van der Waals surface area contributed by atoms with E-state index in [2.05, 4.69) is 16.3 Å². The minimum Gasteiger partial charge on any atom is -0.489 e. The molecule has 4 aromatic rings. The fraction of sp³-hybridized carbons (Fsp3) is 0.185. The number of fused-ring (bicyclic) bond motifs is 1. The minimum absolute atomic E-state index is 0.0607. The Hall–Kier alpha value is -3.82. The molecule has 1 aliphatic heterocycles. The second-order valence-electron chi connectivity index (χ2n) is 8.22. The summed E-state index contributed by atoms with van der Waals surface area (Å²) in [5.74, 6) is 0.897. The Labute approximate surface area is 202 Å². The van der Waals surface area contributed by atoms with Crippen LogP contribution in [0.1, 0.15) is 17.5 Å². The van der Waals surface area contributed by atoms with Gasteiger partial charge in [-0.15, -0.1) is 0 Å².